The maximum atomic E-state index is 12.8. The molecule has 3 rings (SSSR count). The Hall–Kier alpha value is -2.66. The highest BCUT2D eigenvalue weighted by atomic mass is 16.5. The second-order valence-corrected chi connectivity index (χ2v) is 5.71. The molecule has 0 saturated carbocycles. The molecule has 124 valence electrons. The van der Waals surface area contributed by atoms with E-state index in [-0.39, 0.29) is 11.8 Å². The Balaban J connectivity index is 1.98. The molecule has 0 radical (unpaired) electrons. The van der Waals surface area contributed by atoms with Gasteiger partial charge in [-0.1, -0.05) is 48.5 Å². The number of carbonyl (C=O) groups is 2. The predicted octanol–water partition coefficient (Wildman–Crippen LogP) is 2.02. The van der Waals surface area contributed by atoms with Gasteiger partial charge in [0.15, 0.2) is 0 Å². The lowest BCUT2D eigenvalue weighted by molar-refractivity contribution is -0.123. The maximum absolute atomic E-state index is 12.8. The summed E-state index contributed by atoms with van der Waals surface area (Å²) in [6, 6.07) is 16.4. The first-order chi connectivity index (χ1) is 11.7. The molecule has 5 nitrogen and oxygen atoms in total. The fourth-order valence-corrected chi connectivity index (χ4v) is 3.07. The van der Waals surface area contributed by atoms with Crippen LogP contribution in [0.5, 0.6) is 0 Å². The van der Waals surface area contributed by atoms with Crippen molar-refractivity contribution in [2.24, 2.45) is 0 Å². The van der Waals surface area contributed by atoms with E-state index in [4.69, 9.17) is 4.74 Å². The maximum Gasteiger partial charge on any atom is 0.252 e. The number of hydrogen-bond donors (Lipinski definition) is 2. The summed E-state index contributed by atoms with van der Waals surface area (Å²) in [6.45, 7) is 0.881. The van der Waals surface area contributed by atoms with Crippen molar-refractivity contribution < 1.29 is 14.3 Å². The number of ether oxygens (including phenoxy) is 1. The highest BCUT2D eigenvalue weighted by Gasteiger charge is 2.38. The molecule has 0 spiro atoms. The Morgan fingerprint density at radius 3 is 2.58 bits per heavy atom. The van der Waals surface area contributed by atoms with Crippen LogP contribution < -0.4 is 10.6 Å². The first-order valence-electron chi connectivity index (χ1n) is 7.93. The zero-order chi connectivity index (χ0) is 16.9. The minimum absolute atomic E-state index is 0.117. The Bertz CT molecular complexity index is 730. The fourth-order valence-electron chi connectivity index (χ4n) is 3.07. The summed E-state index contributed by atoms with van der Waals surface area (Å²) >= 11 is 0. The molecule has 0 aromatic heterocycles. The van der Waals surface area contributed by atoms with Crippen LogP contribution in [-0.2, 0) is 9.53 Å². The lowest BCUT2D eigenvalue weighted by Gasteiger charge is -2.33. The van der Waals surface area contributed by atoms with Crippen LogP contribution in [0, 0.1) is 0 Å². The van der Waals surface area contributed by atoms with E-state index in [2.05, 4.69) is 10.6 Å². The SMILES string of the molecule is COCCNC(=O)C1c2ccccc2C(=O)NC1c1ccccc1. The monoisotopic (exact) mass is 324 g/mol. The van der Waals surface area contributed by atoms with Crippen LogP contribution in [0.4, 0.5) is 0 Å². The smallest absolute Gasteiger partial charge is 0.252 e. The lowest BCUT2D eigenvalue weighted by Crippen LogP contribution is -2.45. The number of amides is 2. The highest BCUT2D eigenvalue weighted by molar-refractivity contribution is 6.01. The largest absolute Gasteiger partial charge is 0.383 e. The van der Waals surface area contributed by atoms with E-state index in [1.807, 2.05) is 42.5 Å². The first-order valence-corrected chi connectivity index (χ1v) is 7.93. The van der Waals surface area contributed by atoms with Crippen molar-refractivity contribution in [3.05, 3.63) is 71.3 Å². The highest BCUT2D eigenvalue weighted by Crippen LogP contribution is 2.36. The van der Waals surface area contributed by atoms with Crippen LogP contribution in [-0.4, -0.2) is 32.1 Å². The van der Waals surface area contributed by atoms with E-state index in [0.717, 1.165) is 11.1 Å². The van der Waals surface area contributed by atoms with Crippen molar-refractivity contribution >= 4 is 11.8 Å². The van der Waals surface area contributed by atoms with Crippen LogP contribution in [0.25, 0.3) is 0 Å². The van der Waals surface area contributed by atoms with Gasteiger partial charge in [0.1, 0.15) is 0 Å². The molecular formula is C19H20N2O3. The molecule has 2 amide bonds. The lowest BCUT2D eigenvalue weighted by atomic mass is 9.80. The van der Waals surface area contributed by atoms with Crippen LogP contribution >= 0.6 is 0 Å². The number of benzene rings is 2. The van der Waals surface area contributed by atoms with E-state index in [0.29, 0.717) is 18.7 Å². The van der Waals surface area contributed by atoms with Crippen molar-refractivity contribution in [1.29, 1.82) is 0 Å². The molecule has 24 heavy (non-hydrogen) atoms. The van der Waals surface area contributed by atoms with Gasteiger partial charge in [0.2, 0.25) is 5.91 Å². The van der Waals surface area contributed by atoms with Gasteiger partial charge in [-0.15, -0.1) is 0 Å². The second-order valence-electron chi connectivity index (χ2n) is 5.71. The molecule has 0 aliphatic carbocycles. The minimum atomic E-state index is -0.474. The van der Waals surface area contributed by atoms with Crippen molar-refractivity contribution in [3.8, 4) is 0 Å². The van der Waals surface area contributed by atoms with E-state index >= 15 is 0 Å². The van der Waals surface area contributed by atoms with E-state index in [1.54, 1.807) is 19.2 Å². The molecule has 1 heterocycles. The number of fused-ring (bicyclic) bond motifs is 1. The molecule has 2 unspecified atom stereocenters. The Kier molecular flexibility index (Phi) is 4.91. The summed E-state index contributed by atoms with van der Waals surface area (Å²) in [4.78, 5) is 25.2. The predicted molar refractivity (Wildman–Crippen MR) is 90.7 cm³/mol. The summed E-state index contributed by atoms with van der Waals surface area (Å²) in [5, 5.41) is 5.87. The number of nitrogens with one attached hydrogen (secondary N) is 2. The van der Waals surface area contributed by atoms with Gasteiger partial charge in [0.25, 0.3) is 5.91 Å². The Morgan fingerprint density at radius 2 is 1.83 bits per heavy atom. The average molecular weight is 324 g/mol. The van der Waals surface area contributed by atoms with Crippen molar-refractivity contribution in [2.45, 2.75) is 12.0 Å². The van der Waals surface area contributed by atoms with Gasteiger partial charge in [0.05, 0.1) is 18.6 Å². The summed E-state index contributed by atoms with van der Waals surface area (Å²) in [6.07, 6.45) is 0. The van der Waals surface area contributed by atoms with Crippen molar-refractivity contribution in [2.75, 3.05) is 20.3 Å². The second kappa shape index (κ2) is 7.27. The van der Waals surface area contributed by atoms with Crippen molar-refractivity contribution in [1.82, 2.24) is 10.6 Å². The number of hydrogen-bond acceptors (Lipinski definition) is 3. The molecule has 0 fully saturated rings. The fraction of sp³-hybridized carbons (Fsp3) is 0.263. The molecule has 2 N–H and O–H groups in total. The van der Waals surface area contributed by atoms with Crippen molar-refractivity contribution in [3.63, 3.8) is 0 Å². The third-order valence-electron chi connectivity index (χ3n) is 4.21. The Labute approximate surface area is 141 Å². The summed E-state index contributed by atoms with van der Waals surface area (Å²) in [5.41, 5.74) is 2.22. The number of methoxy groups -OCH3 is 1. The molecule has 0 saturated heterocycles. The number of rotatable bonds is 5. The topological polar surface area (TPSA) is 67.4 Å². The van der Waals surface area contributed by atoms with Crippen LogP contribution in [0.2, 0.25) is 0 Å². The number of carbonyl (C=O) groups excluding carboxylic acids is 2. The summed E-state index contributed by atoms with van der Waals surface area (Å²) in [5.74, 6) is -0.744. The molecule has 2 atom stereocenters. The van der Waals surface area contributed by atoms with E-state index < -0.39 is 12.0 Å². The minimum Gasteiger partial charge on any atom is -0.383 e. The van der Waals surface area contributed by atoms with Gasteiger partial charge in [-0.3, -0.25) is 9.59 Å². The van der Waals surface area contributed by atoms with Gasteiger partial charge in [0, 0.05) is 19.2 Å². The van der Waals surface area contributed by atoms with E-state index in [9.17, 15) is 9.59 Å². The third-order valence-corrected chi connectivity index (χ3v) is 4.21. The molecule has 5 heteroatoms. The standard InChI is InChI=1S/C19H20N2O3/c1-24-12-11-20-19(23)16-14-9-5-6-10-15(14)18(22)21-17(16)13-7-3-2-4-8-13/h2-10,16-17H,11-12H2,1H3,(H,20,23)(H,21,22). The average Bonchev–Trinajstić information content (AvgIpc) is 2.62. The first kappa shape index (κ1) is 16.2. The molecule has 1 aliphatic rings. The molecule has 2 aromatic carbocycles. The third kappa shape index (κ3) is 3.16. The van der Waals surface area contributed by atoms with Crippen LogP contribution in [0.1, 0.15) is 33.4 Å². The quantitative estimate of drug-likeness (QED) is 0.827. The van der Waals surface area contributed by atoms with Crippen LogP contribution in [0.3, 0.4) is 0 Å². The normalized spacial score (nSPS) is 19.3. The van der Waals surface area contributed by atoms with Gasteiger partial charge in [-0.2, -0.15) is 0 Å². The zero-order valence-electron chi connectivity index (χ0n) is 13.5. The summed E-state index contributed by atoms with van der Waals surface area (Å²) in [7, 11) is 1.59. The molecule has 0 bridgehead atoms. The van der Waals surface area contributed by atoms with Gasteiger partial charge in [-0.05, 0) is 17.2 Å². The molecule has 1 aliphatic heterocycles. The van der Waals surface area contributed by atoms with E-state index in [1.165, 1.54) is 0 Å². The summed E-state index contributed by atoms with van der Waals surface area (Å²) < 4.78 is 4.99. The molecular weight excluding hydrogens is 304 g/mol. The Morgan fingerprint density at radius 1 is 1.12 bits per heavy atom. The van der Waals surface area contributed by atoms with Crippen LogP contribution in [0.15, 0.2) is 54.6 Å². The van der Waals surface area contributed by atoms with Gasteiger partial charge >= 0.3 is 0 Å². The van der Waals surface area contributed by atoms with Gasteiger partial charge in [-0.25, -0.2) is 0 Å². The zero-order valence-corrected chi connectivity index (χ0v) is 13.5. The molecule has 2 aromatic rings. The van der Waals surface area contributed by atoms with Gasteiger partial charge < -0.3 is 15.4 Å².